The zero-order chi connectivity index (χ0) is 13.6. The first-order chi connectivity index (χ1) is 9.16. The second-order valence-corrected chi connectivity index (χ2v) is 5.39. The van der Waals surface area contributed by atoms with Crippen molar-refractivity contribution >= 4 is 12.2 Å². The summed E-state index contributed by atoms with van der Waals surface area (Å²) < 4.78 is 0. The molecule has 2 rings (SSSR count). The molecule has 0 aliphatic rings. The SMILES string of the molecule is CC(C)(C/C=C/c1cnc[nH]1)C/C=C/c1cnc[nH]1. The van der Waals surface area contributed by atoms with Crippen LogP contribution in [-0.4, -0.2) is 19.9 Å². The number of H-pyrrole nitrogens is 2. The fourth-order valence-electron chi connectivity index (χ4n) is 1.81. The Hall–Kier alpha value is -2.10. The molecule has 0 bridgehead atoms. The highest BCUT2D eigenvalue weighted by Crippen LogP contribution is 2.26. The summed E-state index contributed by atoms with van der Waals surface area (Å²) in [6.45, 7) is 4.53. The Balaban J connectivity index is 1.81. The van der Waals surface area contributed by atoms with Gasteiger partial charge in [0.2, 0.25) is 0 Å². The van der Waals surface area contributed by atoms with Crippen LogP contribution in [0.4, 0.5) is 0 Å². The van der Waals surface area contributed by atoms with Crippen LogP contribution in [0.5, 0.6) is 0 Å². The van der Waals surface area contributed by atoms with Gasteiger partial charge < -0.3 is 9.97 Å². The summed E-state index contributed by atoms with van der Waals surface area (Å²) >= 11 is 0. The van der Waals surface area contributed by atoms with Crippen molar-refractivity contribution in [1.29, 1.82) is 0 Å². The van der Waals surface area contributed by atoms with Gasteiger partial charge in [0, 0.05) is 0 Å². The molecular formula is C15H20N4. The van der Waals surface area contributed by atoms with E-state index in [1.54, 1.807) is 12.7 Å². The third-order valence-corrected chi connectivity index (χ3v) is 2.97. The summed E-state index contributed by atoms with van der Waals surface area (Å²) in [6.07, 6.45) is 17.6. The molecule has 19 heavy (non-hydrogen) atoms. The molecule has 0 amide bonds. The summed E-state index contributed by atoms with van der Waals surface area (Å²) in [5.41, 5.74) is 2.33. The zero-order valence-electron chi connectivity index (χ0n) is 11.4. The van der Waals surface area contributed by atoms with Crippen molar-refractivity contribution in [2.24, 2.45) is 5.41 Å². The molecule has 2 N–H and O–H groups in total. The molecule has 2 aromatic rings. The highest BCUT2D eigenvalue weighted by Gasteiger charge is 2.13. The molecule has 0 aliphatic carbocycles. The van der Waals surface area contributed by atoms with Crippen molar-refractivity contribution in [3.8, 4) is 0 Å². The molecule has 0 saturated heterocycles. The van der Waals surface area contributed by atoms with Crippen molar-refractivity contribution in [3.63, 3.8) is 0 Å². The van der Waals surface area contributed by atoms with Crippen LogP contribution in [0.1, 0.15) is 38.1 Å². The lowest BCUT2D eigenvalue weighted by Gasteiger charge is -2.20. The number of hydrogen-bond donors (Lipinski definition) is 2. The molecule has 4 heteroatoms. The lowest BCUT2D eigenvalue weighted by Crippen LogP contribution is -2.07. The van der Waals surface area contributed by atoms with Gasteiger partial charge in [0.25, 0.3) is 0 Å². The first-order valence-corrected chi connectivity index (χ1v) is 6.46. The van der Waals surface area contributed by atoms with Crippen molar-refractivity contribution in [1.82, 2.24) is 19.9 Å². The quantitative estimate of drug-likeness (QED) is 0.828. The molecule has 0 unspecified atom stereocenters. The van der Waals surface area contributed by atoms with Crippen LogP contribution < -0.4 is 0 Å². The molecule has 0 saturated carbocycles. The smallest absolute Gasteiger partial charge is 0.0924 e. The van der Waals surface area contributed by atoms with Gasteiger partial charge in [-0.3, -0.25) is 0 Å². The maximum absolute atomic E-state index is 3.99. The minimum Gasteiger partial charge on any atom is -0.345 e. The van der Waals surface area contributed by atoms with E-state index in [2.05, 4.69) is 58.1 Å². The highest BCUT2D eigenvalue weighted by molar-refractivity contribution is 5.43. The van der Waals surface area contributed by atoms with Crippen LogP contribution in [0.15, 0.2) is 37.2 Å². The lowest BCUT2D eigenvalue weighted by atomic mass is 9.85. The number of nitrogens with zero attached hydrogens (tertiary/aromatic N) is 2. The van der Waals surface area contributed by atoms with Crippen LogP contribution in [0.3, 0.4) is 0 Å². The maximum Gasteiger partial charge on any atom is 0.0924 e. The Morgan fingerprint density at radius 3 is 1.79 bits per heavy atom. The van der Waals surface area contributed by atoms with Gasteiger partial charge in [-0.15, -0.1) is 0 Å². The topological polar surface area (TPSA) is 57.4 Å². The summed E-state index contributed by atoms with van der Waals surface area (Å²) in [7, 11) is 0. The molecule has 0 spiro atoms. The van der Waals surface area contributed by atoms with Gasteiger partial charge in [0.1, 0.15) is 0 Å². The minimum absolute atomic E-state index is 0.243. The number of hydrogen-bond acceptors (Lipinski definition) is 2. The normalized spacial score (nSPS) is 12.7. The lowest BCUT2D eigenvalue weighted by molar-refractivity contribution is 0.378. The standard InChI is InChI=1S/C15H20N4/c1-15(2,7-3-5-13-9-16-11-18-13)8-4-6-14-10-17-12-19-14/h3-6,9-12H,7-8H2,1-2H3,(H,16,18)(H,17,19)/b5-3+,6-4+. The van der Waals surface area contributed by atoms with E-state index >= 15 is 0 Å². The average Bonchev–Trinajstić information content (AvgIpc) is 3.01. The van der Waals surface area contributed by atoms with Gasteiger partial charge in [0.05, 0.1) is 36.4 Å². The van der Waals surface area contributed by atoms with E-state index in [0.717, 1.165) is 24.2 Å². The summed E-state index contributed by atoms with van der Waals surface area (Å²) in [5, 5.41) is 0. The average molecular weight is 256 g/mol. The van der Waals surface area contributed by atoms with Crippen LogP contribution in [0.2, 0.25) is 0 Å². The molecular weight excluding hydrogens is 236 g/mol. The van der Waals surface area contributed by atoms with Gasteiger partial charge in [-0.25, -0.2) is 9.97 Å². The van der Waals surface area contributed by atoms with Crippen molar-refractivity contribution in [3.05, 3.63) is 48.6 Å². The summed E-state index contributed by atoms with van der Waals surface area (Å²) in [5.74, 6) is 0. The second-order valence-electron chi connectivity index (χ2n) is 5.39. The third-order valence-electron chi connectivity index (χ3n) is 2.97. The highest BCUT2D eigenvalue weighted by atomic mass is 14.9. The van der Waals surface area contributed by atoms with E-state index in [1.807, 2.05) is 12.4 Å². The van der Waals surface area contributed by atoms with E-state index in [-0.39, 0.29) is 5.41 Å². The fourth-order valence-corrected chi connectivity index (χ4v) is 1.81. The molecule has 0 aliphatic heterocycles. The Bertz CT molecular complexity index is 470. The maximum atomic E-state index is 3.99. The van der Waals surface area contributed by atoms with Crippen LogP contribution >= 0.6 is 0 Å². The van der Waals surface area contributed by atoms with Crippen molar-refractivity contribution in [2.45, 2.75) is 26.7 Å². The molecule has 0 atom stereocenters. The first kappa shape index (κ1) is 13.3. The van der Waals surface area contributed by atoms with Crippen molar-refractivity contribution in [2.75, 3.05) is 0 Å². The number of aromatic nitrogens is 4. The van der Waals surface area contributed by atoms with Gasteiger partial charge in [-0.2, -0.15) is 0 Å². The van der Waals surface area contributed by atoms with E-state index in [9.17, 15) is 0 Å². The van der Waals surface area contributed by atoms with E-state index < -0.39 is 0 Å². The summed E-state index contributed by atoms with van der Waals surface area (Å²) in [4.78, 5) is 14.1. The number of imidazole rings is 2. The Morgan fingerprint density at radius 1 is 0.947 bits per heavy atom. The van der Waals surface area contributed by atoms with Crippen LogP contribution in [0.25, 0.3) is 12.2 Å². The van der Waals surface area contributed by atoms with Crippen molar-refractivity contribution < 1.29 is 0 Å². The third kappa shape index (κ3) is 4.58. The van der Waals surface area contributed by atoms with Gasteiger partial charge in [0.15, 0.2) is 0 Å². The number of nitrogens with one attached hydrogen (secondary N) is 2. The van der Waals surface area contributed by atoms with E-state index in [1.165, 1.54) is 0 Å². The Kier molecular flexibility index (Phi) is 4.34. The van der Waals surface area contributed by atoms with E-state index in [0.29, 0.717) is 0 Å². The molecule has 0 radical (unpaired) electrons. The largest absolute Gasteiger partial charge is 0.345 e. The number of allylic oxidation sites excluding steroid dienone is 2. The molecule has 2 heterocycles. The Morgan fingerprint density at radius 2 is 1.42 bits per heavy atom. The predicted molar refractivity (Wildman–Crippen MR) is 78.3 cm³/mol. The molecule has 2 aromatic heterocycles. The first-order valence-electron chi connectivity index (χ1n) is 6.46. The minimum atomic E-state index is 0.243. The Labute approximate surface area is 113 Å². The number of aromatic amines is 2. The monoisotopic (exact) mass is 256 g/mol. The van der Waals surface area contributed by atoms with Gasteiger partial charge in [-0.1, -0.05) is 26.0 Å². The second kappa shape index (κ2) is 6.18. The van der Waals surface area contributed by atoms with Crippen LogP contribution in [0, 0.1) is 5.41 Å². The number of rotatable bonds is 6. The molecule has 100 valence electrons. The van der Waals surface area contributed by atoms with Gasteiger partial charge in [-0.05, 0) is 30.4 Å². The van der Waals surface area contributed by atoms with E-state index in [4.69, 9.17) is 0 Å². The molecule has 0 aromatic carbocycles. The van der Waals surface area contributed by atoms with Gasteiger partial charge >= 0.3 is 0 Å². The molecule has 4 nitrogen and oxygen atoms in total. The van der Waals surface area contributed by atoms with Crippen LogP contribution in [-0.2, 0) is 0 Å². The summed E-state index contributed by atoms with van der Waals surface area (Å²) in [6, 6.07) is 0. The molecule has 0 fully saturated rings. The zero-order valence-corrected chi connectivity index (χ0v) is 11.4. The predicted octanol–water partition coefficient (Wildman–Crippen LogP) is 3.67. The fraction of sp³-hybridized carbons (Fsp3) is 0.333.